The number of hydrogen-bond acceptors (Lipinski definition) is 4. The summed E-state index contributed by atoms with van der Waals surface area (Å²) in [4.78, 5) is 3.90. The van der Waals surface area contributed by atoms with Gasteiger partial charge >= 0.3 is 0 Å². The molecule has 2 aromatic heterocycles. The molecule has 0 bridgehead atoms. The Balaban J connectivity index is 1.56. The molecule has 3 heterocycles. The summed E-state index contributed by atoms with van der Waals surface area (Å²) in [5, 5.41) is 7.82. The van der Waals surface area contributed by atoms with Crippen LogP contribution in [0.5, 0.6) is 0 Å². The Morgan fingerprint density at radius 2 is 1.83 bits per heavy atom. The van der Waals surface area contributed by atoms with Gasteiger partial charge in [0.05, 0.1) is 12.4 Å². The van der Waals surface area contributed by atoms with E-state index in [1.165, 1.54) is 17.7 Å². The maximum absolute atomic E-state index is 6.12. The van der Waals surface area contributed by atoms with Gasteiger partial charge in [0.2, 0.25) is 4.77 Å². The van der Waals surface area contributed by atoms with Crippen LogP contribution in [0, 0.1) is 4.77 Å². The molecule has 1 atom stereocenters. The summed E-state index contributed by atoms with van der Waals surface area (Å²) in [6.07, 6.45) is 2.37. The Kier molecular flexibility index (Phi) is 5.56. The van der Waals surface area contributed by atoms with E-state index < -0.39 is 0 Å². The van der Waals surface area contributed by atoms with Crippen LogP contribution in [0.4, 0.5) is 0 Å². The molecule has 1 unspecified atom stereocenters. The molecule has 1 saturated heterocycles. The normalized spacial score (nSPS) is 16.9. The molecule has 7 heteroatoms. The van der Waals surface area contributed by atoms with Crippen molar-refractivity contribution in [2.75, 3.05) is 6.54 Å². The fraction of sp³-hybridized carbons (Fsp3) is 0.217. The highest BCUT2D eigenvalue weighted by molar-refractivity contribution is 7.71. The zero-order chi connectivity index (χ0) is 20.5. The summed E-state index contributed by atoms with van der Waals surface area (Å²) in [5.41, 5.74) is 2.00. The van der Waals surface area contributed by atoms with Gasteiger partial charge in [-0.25, -0.2) is 4.68 Å². The maximum Gasteiger partial charge on any atom is 0.204 e. The lowest BCUT2D eigenvalue weighted by Crippen LogP contribution is -2.26. The predicted octanol–water partition coefficient (Wildman–Crippen LogP) is 6.58. The number of rotatable bonds is 5. The molecule has 1 aliphatic rings. The first-order valence-electron chi connectivity index (χ1n) is 9.99. The second-order valence-corrected chi connectivity index (χ2v) is 9.19. The number of thiophene rings is 1. The van der Waals surface area contributed by atoms with E-state index >= 15 is 0 Å². The third kappa shape index (κ3) is 3.76. The van der Waals surface area contributed by atoms with E-state index in [0.29, 0.717) is 22.5 Å². The molecule has 2 aromatic carbocycles. The minimum atomic E-state index is 0.438. The third-order valence-electron chi connectivity index (χ3n) is 5.51. The van der Waals surface area contributed by atoms with Gasteiger partial charge in [-0.1, -0.05) is 48.0 Å². The van der Waals surface area contributed by atoms with Crippen molar-refractivity contribution in [2.24, 2.45) is 0 Å². The van der Waals surface area contributed by atoms with Gasteiger partial charge < -0.3 is 0 Å². The summed E-state index contributed by atoms with van der Waals surface area (Å²) in [6, 6.07) is 22.7. The van der Waals surface area contributed by atoms with Crippen LogP contribution < -0.4 is 0 Å². The molecule has 0 amide bonds. The summed E-state index contributed by atoms with van der Waals surface area (Å²) in [6.45, 7) is 1.74. The number of nitrogens with zero attached hydrogens (tertiary/aromatic N) is 4. The molecule has 0 aliphatic carbocycles. The van der Waals surface area contributed by atoms with Gasteiger partial charge in [-0.15, -0.1) is 16.4 Å². The van der Waals surface area contributed by atoms with Crippen molar-refractivity contribution >= 4 is 35.2 Å². The number of halogens is 1. The molecular weight excluding hydrogens is 432 g/mol. The van der Waals surface area contributed by atoms with Crippen LogP contribution in [0.3, 0.4) is 0 Å². The Hall–Kier alpha value is -2.25. The average molecular weight is 453 g/mol. The average Bonchev–Trinajstić information content (AvgIpc) is 3.51. The fourth-order valence-corrected chi connectivity index (χ4v) is 5.38. The highest BCUT2D eigenvalue weighted by Crippen LogP contribution is 2.35. The van der Waals surface area contributed by atoms with Crippen molar-refractivity contribution in [3.63, 3.8) is 0 Å². The standard InChI is InChI=1S/C23H21ClN4S2/c24-18-10-12-19(13-11-18)28-22(17-6-2-1-3-7-17)25-27(23(28)29)16-26-14-4-8-20(26)21-9-5-15-30-21/h1-3,5-7,9-13,15,20H,4,8,14,16H2. The van der Waals surface area contributed by atoms with Crippen LogP contribution in [0.25, 0.3) is 17.1 Å². The van der Waals surface area contributed by atoms with Gasteiger partial charge in [0.1, 0.15) is 0 Å². The zero-order valence-electron chi connectivity index (χ0n) is 16.3. The first kappa shape index (κ1) is 19.7. The van der Waals surface area contributed by atoms with Crippen LogP contribution in [0.2, 0.25) is 5.02 Å². The lowest BCUT2D eigenvalue weighted by atomic mass is 10.2. The number of benzene rings is 2. The van der Waals surface area contributed by atoms with E-state index in [2.05, 4.69) is 34.5 Å². The van der Waals surface area contributed by atoms with Crippen LogP contribution in [-0.2, 0) is 6.67 Å². The lowest BCUT2D eigenvalue weighted by molar-refractivity contribution is 0.192. The summed E-state index contributed by atoms with van der Waals surface area (Å²) in [7, 11) is 0. The largest absolute Gasteiger partial charge is 0.276 e. The molecule has 5 rings (SSSR count). The van der Waals surface area contributed by atoms with E-state index in [0.717, 1.165) is 23.6 Å². The molecule has 30 heavy (non-hydrogen) atoms. The minimum absolute atomic E-state index is 0.438. The number of hydrogen-bond donors (Lipinski definition) is 0. The Morgan fingerprint density at radius 3 is 2.57 bits per heavy atom. The number of likely N-dealkylation sites (tertiary alicyclic amines) is 1. The molecule has 0 saturated carbocycles. The van der Waals surface area contributed by atoms with Crippen molar-refractivity contribution < 1.29 is 0 Å². The molecule has 1 aliphatic heterocycles. The monoisotopic (exact) mass is 452 g/mol. The van der Waals surface area contributed by atoms with E-state index in [1.807, 2.05) is 63.1 Å². The number of aromatic nitrogens is 3. The molecule has 4 nitrogen and oxygen atoms in total. The Labute approximate surface area is 190 Å². The van der Waals surface area contributed by atoms with Crippen molar-refractivity contribution in [3.05, 3.63) is 86.8 Å². The molecule has 0 N–H and O–H groups in total. The summed E-state index contributed by atoms with van der Waals surface area (Å²) in [5.74, 6) is 0.842. The van der Waals surface area contributed by atoms with Crippen molar-refractivity contribution in [1.29, 1.82) is 0 Å². The highest BCUT2D eigenvalue weighted by atomic mass is 35.5. The topological polar surface area (TPSA) is 26.0 Å². The third-order valence-corrected chi connectivity index (χ3v) is 7.13. The smallest absolute Gasteiger partial charge is 0.204 e. The lowest BCUT2D eigenvalue weighted by Gasteiger charge is -2.23. The molecule has 0 spiro atoms. The van der Waals surface area contributed by atoms with Gasteiger partial charge in [-0.2, -0.15) is 0 Å². The molecular formula is C23H21ClN4S2. The fourth-order valence-electron chi connectivity index (χ4n) is 4.07. The quantitative estimate of drug-likeness (QED) is 0.320. The van der Waals surface area contributed by atoms with Crippen molar-refractivity contribution in [3.8, 4) is 17.1 Å². The van der Waals surface area contributed by atoms with Crippen LogP contribution in [-0.4, -0.2) is 25.8 Å². The summed E-state index contributed by atoms with van der Waals surface area (Å²) < 4.78 is 4.68. The van der Waals surface area contributed by atoms with Gasteiger partial charge in [0.15, 0.2) is 5.82 Å². The zero-order valence-corrected chi connectivity index (χ0v) is 18.7. The van der Waals surface area contributed by atoms with Gasteiger partial charge in [0, 0.05) is 28.0 Å². The van der Waals surface area contributed by atoms with Crippen LogP contribution in [0.1, 0.15) is 23.8 Å². The van der Waals surface area contributed by atoms with E-state index in [1.54, 1.807) is 0 Å². The Morgan fingerprint density at radius 1 is 1.03 bits per heavy atom. The highest BCUT2D eigenvalue weighted by Gasteiger charge is 2.28. The predicted molar refractivity (Wildman–Crippen MR) is 126 cm³/mol. The molecule has 0 radical (unpaired) electrons. The molecule has 1 fully saturated rings. The summed E-state index contributed by atoms with van der Waals surface area (Å²) >= 11 is 13.9. The van der Waals surface area contributed by atoms with E-state index in [4.69, 9.17) is 28.9 Å². The minimum Gasteiger partial charge on any atom is -0.276 e. The first-order chi connectivity index (χ1) is 14.7. The van der Waals surface area contributed by atoms with Crippen LogP contribution >= 0.6 is 35.2 Å². The second kappa shape index (κ2) is 8.47. The van der Waals surface area contributed by atoms with E-state index in [9.17, 15) is 0 Å². The van der Waals surface area contributed by atoms with Gasteiger partial charge in [-0.05, 0) is 60.8 Å². The van der Waals surface area contributed by atoms with Crippen LogP contribution in [0.15, 0.2) is 72.1 Å². The van der Waals surface area contributed by atoms with Gasteiger partial charge in [0.25, 0.3) is 0 Å². The second-order valence-electron chi connectivity index (χ2n) is 7.41. The SMILES string of the molecule is S=c1n(CN2CCCC2c2cccs2)nc(-c2ccccc2)n1-c1ccc(Cl)cc1. The van der Waals surface area contributed by atoms with E-state index in [-0.39, 0.29) is 0 Å². The Bertz CT molecular complexity index is 1180. The maximum atomic E-state index is 6.12. The van der Waals surface area contributed by atoms with Crippen molar-refractivity contribution in [2.45, 2.75) is 25.6 Å². The van der Waals surface area contributed by atoms with Gasteiger partial charge in [-0.3, -0.25) is 9.47 Å². The molecule has 152 valence electrons. The molecule has 4 aromatic rings. The van der Waals surface area contributed by atoms with Crippen molar-refractivity contribution in [1.82, 2.24) is 19.2 Å². The first-order valence-corrected chi connectivity index (χ1v) is 11.7.